The maximum absolute atomic E-state index is 14.2. The smallest absolute Gasteiger partial charge is 0.161 e. The van der Waals surface area contributed by atoms with E-state index in [1.165, 1.54) is 0 Å². The summed E-state index contributed by atoms with van der Waals surface area (Å²) in [5, 5.41) is 78.9. The first kappa shape index (κ1) is 53.9. The van der Waals surface area contributed by atoms with Crippen LogP contribution in [-0.4, -0.2) is 79.9 Å². The van der Waals surface area contributed by atoms with Crippen molar-refractivity contribution in [3.05, 3.63) is 159 Å². The molecular formula is C59H68N3O9S2-. The fourth-order valence-corrected chi connectivity index (χ4v) is 13.5. The number of hydrogen-bond donors (Lipinski definition) is 8. The fourth-order valence-electron chi connectivity index (χ4n) is 11.0. The summed E-state index contributed by atoms with van der Waals surface area (Å²) in [5.74, 6) is 7.17. The Balaban J connectivity index is 1.11. The second-order valence-corrected chi connectivity index (χ2v) is 22.6. The van der Waals surface area contributed by atoms with Crippen LogP contribution in [0.25, 0.3) is 0 Å². The van der Waals surface area contributed by atoms with Gasteiger partial charge in [-0.15, -0.1) is 5.76 Å². The molecule has 1 saturated carbocycles. The van der Waals surface area contributed by atoms with Crippen LogP contribution in [0.4, 0.5) is 0 Å². The predicted molar refractivity (Wildman–Crippen MR) is 288 cm³/mol. The molecule has 0 aromatic heterocycles. The van der Waals surface area contributed by atoms with E-state index in [4.69, 9.17) is 16.2 Å². The molecule has 0 spiro atoms. The highest BCUT2D eigenvalue weighted by Crippen LogP contribution is 2.50. The van der Waals surface area contributed by atoms with Gasteiger partial charge in [-0.1, -0.05) is 88.0 Å². The molecule has 2 aliphatic carbocycles. The first-order valence-electron chi connectivity index (χ1n) is 25.5. The van der Waals surface area contributed by atoms with E-state index in [1.807, 2.05) is 48.5 Å². The van der Waals surface area contributed by atoms with E-state index in [9.17, 15) is 40.5 Å². The lowest BCUT2D eigenvalue weighted by Crippen LogP contribution is -2.23. The summed E-state index contributed by atoms with van der Waals surface area (Å²) in [7, 11) is 3.28. The molecule has 8 rings (SSSR count). The van der Waals surface area contributed by atoms with Crippen molar-refractivity contribution in [3.8, 4) is 29.1 Å². The van der Waals surface area contributed by atoms with Crippen molar-refractivity contribution in [2.45, 2.75) is 114 Å². The summed E-state index contributed by atoms with van der Waals surface area (Å²) < 4.78 is 6.16. The molecule has 12 nitrogen and oxygen atoms in total. The minimum Gasteiger partial charge on any atom is -0.875 e. The van der Waals surface area contributed by atoms with Gasteiger partial charge >= 0.3 is 0 Å². The highest BCUT2D eigenvalue weighted by molar-refractivity contribution is 8.76. The summed E-state index contributed by atoms with van der Waals surface area (Å²) in [6, 6.07) is 22.5. The number of aliphatic imine (C=N–C) groups is 1. The standard InChI is InChI=1S/C59H69N3O9S2/c60-58(61)49-29-42-6-3-7-52-47(18-23-62-52)55(69)31-50-48(42)30-43(49)35-72-73-36-44-32-59(33-56(44)70,21-16-38(26-46(66)34-64)8-12-40-4-1-2-5-41(40)19-24-63)22-17-45(65)13-9-37-11-15-54(68)57(28-37)71-25-20-39-10-14-53(67)51(50)27-39/h1-2,4-5,10-11,14-15,17-18,22-23,27-30,38,44,46,50,56,58,63-64,66-70H,7-9,12-13,16,19-21,24-26,31-36,60-61H2/p-1. The van der Waals surface area contributed by atoms with Gasteiger partial charge in [-0.2, -0.15) is 0 Å². The zero-order valence-electron chi connectivity index (χ0n) is 41.3. The Morgan fingerprint density at radius 1 is 0.890 bits per heavy atom. The number of ether oxygens (including phenoxy) is 1. The molecule has 14 heteroatoms. The Bertz CT molecular complexity index is 2800. The first-order chi connectivity index (χ1) is 35.3. The van der Waals surface area contributed by atoms with Gasteiger partial charge in [0.1, 0.15) is 5.75 Å². The van der Waals surface area contributed by atoms with Crippen molar-refractivity contribution in [1.29, 1.82) is 0 Å². The molecule has 4 aliphatic rings. The van der Waals surface area contributed by atoms with Gasteiger partial charge in [-0.3, -0.25) is 9.79 Å². The first-order valence-corrected chi connectivity index (χ1v) is 28.0. The van der Waals surface area contributed by atoms with Gasteiger partial charge in [0.2, 0.25) is 0 Å². The average Bonchev–Trinajstić information content (AvgIpc) is 3.99. The number of nitrogens with zero attached hydrogens (tertiary/aromatic N) is 1. The van der Waals surface area contributed by atoms with Gasteiger partial charge in [-0.05, 0) is 162 Å². The topological polar surface area (TPSA) is 235 Å². The average molecular weight is 1030 g/mol. The molecule has 4 aromatic carbocycles. The molecule has 10 N–H and O–H groups in total. The number of aryl methyl sites for hydroxylation is 2. The van der Waals surface area contributed by atoms with E-state index in [1.54, 1.807) is 64.2 Å². The number of hydrogen-bond acceptors (Lipinski definition) is 14. The number of carbonyl (C=O) groups excluding carboxylic acids is 1. The number of aliphatic hydroxyl groups is 4. The number of carbonyl (C=O) groups is 1. The summed E-state index contributed by atoms with van der Waals surface area (Å²) in [4.78, 5) is 18.2. The number of phenols is 2. The molecule has 6 atom stereocenters. The SMILES string of the molecule is NC(N)c1cc2c3cc1CSSCC1CC(CCC(CCc4ccccc4CCO)CC(O)CO)(C=CC(=O)CCc4ccc(O)c(c4)OCCc4ccc(O)c(c4)C3CC([O-])=C3C=CN=C3CC#C2)CC1O. The highest BCUT2D eigenvalue weighted by atomic mass is 33.1. The predicted octanol–water partition coefficient (Wildman–Crippen LogP) is 7.51. The van der Waals surface area contributed by atoms with Crippen LogP contribution in [0.1, 0.15) is 120 Å². The summed E-state index contributed by atoms with van der Waals surface area (Å²) in [6.07, 6.45) is 11.0. The Kier molecular flexibility index (Phi) is 18.7. The second-order valence-electron chi connectivity index (χ2n) is 20.1. The van der Waals surface area contributed by atoms with E-state index >= 15 is 0 Å². The number of rotatable bonds is 12. The molecule has 0 amide bonds. The number of ketones is 1. The number of phenolic OH excluding ortho intramolecular Hbond substituents is 2. The molecule has 386 valence electrons. The Morgan fingerprint density at radius 3 is 2.45 bits per heavy atom. The Hall–Kier alpha value is -5.34. The lowest BCUT2D eigenvalue weighted by molar-refractivity contribution is -0.307. The van der Waals surface area contributed by atoms with Crippen molar-refractivity contribution in [3.63, 3.8) is 0 Å². The van der Waals surface area contributed by atoms with Gasteiger partial charge in [0, 0.05) is 54.2 Å². The number of fused-ring (bicyclic) bond motifs is 9. The summed E-state index contributed by atoms with van der Waals surface area (Å²) in [5.41, 5.74) is 21.0. The minimum atomic E-state index is -0.877. The van der Waals surface area contributed by atoms with E-state index in [0.717, 1.165) is 46.2 Å². The normalized spacial score (nSPS) is 22.3. The number of aromatic hydroxyl groups is 2. The van der Waals surface area contributed by atoms with E-state index in [-0.39, 0.29) is 79.7 Å². The van der Waals surface area contributed by atoms with Crippen molar-refractivity contribution >= 4 is 33.1 Å². The fraction of sp³-hybridized carbons (Fsp3) is 0.424. The number of aliphatic hydroxyl groups excluding tert-OH is 4. The molecule has 0 radical (unpaired) electrons. The van der Waals surface area contributed by atoms with Crippen LogP contribution < -0.4 is 21.3 Å². The van der Waals surface area contributed by atoms with Gasteiger partial charge in [0.25, 0.3) is 0 Å². The molecule has 6 unspecified atom stereocenters. The molecule has 2 aliphatic heterocycles. The zero-order valence-corrected chi connectivity index (χ0v) is 42.9. The van der Waals surface area contributed by atoms with Gasteiger partial charge < -0.3 is 51.9 Å². The van der Waals surface area contributed by atoms with Gasteiger partial charge in [-0.25, -0.2) is 0 Å². The lowest BCUT2D eigenvalue weighted by Gasteiger charge is -2.29. The monoisotopic (exact) mass is 1030 g/mol. The van der Waals surface area contributed by atoms with E-state index < -0.39 is 29.7 Å². The van der Waals surface area contributed by atoms with Crippen molar-refractivity contribution in [1.82, 2.24) is 0 Å². The van der Waals surface area contributed by atoms with Crippen LogP contribution in [0.3, 0.4) is 0 Å². The van der Waals surface area contributed by atoms with Crippen molar-refractivity contribution in [2.75, 3.05) is 25.6 Å². The van der Waals surface area contributed by atoms with Gasteiger partial charge in [0.15, 0.2) is 17.3 Å². The molecule has 4 aromatic rings. The number of nitrogens with two attached hydrogens (primary N) is 2. The van der Waals surface area contributed by atoms with Crippen LogP contribution in [0.5, 0.6) is 17.2 Å². The third kappa shape index (κ3) is 13.9. The molecule has 1 fully saturated rings. The molecular weight excluding hydrogens is 959 g/mol. The third-order valence-electron chi connectivity index (χ3n) is 15.0. The molecule has 2 heterocycles. The van der Waals surface area contributed by atoms with Crippen molar-refractivity contribution < 1.29 is 45.3 Å². The largest absolute Gasteiger partial charge is 0.875 e. The molecule has 0 saturated heterocycles. The summed E-state index contributed by atoms with van der Waals surface area (Å²) >= 11 is 0. The number of benzene rings is 4. The van der Waals surface area contributed by atoms with Gasteiger partial charge in [0.05, 0.1) is 43.7 Å². The van der Waals surface area contributed by atoms with Crippen LogP contribution in [0.2, 0.25) is 0 Å². The number of allylic oxidation sites excluding steroid dienone is 5. The minimum absolute atomic E-state index is 0.0293. The zero-order chi connectivity index (χ0) is 51.5. The summed E-state index contributed by atoms with van der Waals surface area (Å²) in [6.45, 7) is -0.0976. The second kappa shape index (κ2) is 25.3. The van der Waals surface area contributed by atoms with Crippen LogP contribution in [0.15, 0.2) is 114 Å². The van der Waals surface area contributed by atoms with E-state index in [0.29, 0.717) is 90.8 Å². The van der Waals surface area contributed by atoms with Crippen LogP contribution in [0, 0.1) is 29.1 Å². The quantitative estimate of drug-likeness (QED) is 0.0390. The Morgan fingerprint density at radius 2 is 1.67 bits per heavy atom. The van der Waals surface area contributed by atoms with Crippen LogP contribution >= 0.6 is 21.6 Å². The highest BCUT2D eigenvalue weighted by Gasteiger charge is 2.43. The maximum Gasteiger partial charge on any atom is 0.161 e. The lowest BCUT2D eigenvalue weighted by atomic mass is 9.76. The maximum atomic E-state index is 14.2. The molecule has 73 heavy (non-hydrogen) atoms. The Labute approximate surface area is 436 Å². The van der Waals surface area contributed by atoms with E-state index in [2.05, 4.69) is 22.9 Å². The van der Waals surface area contributed by atoms with Crippen molar-refractivity contribution in [2.24, 2.45) is 33.7 Å². The third-order valence-corrected chi connectivity index (χ3v) is 17.4. The molecule has 8 bridgehead atoms. The van der Waals surface area contributed by atoms with Crippen LogP contribution in [-0.2, 0) is 36.2 Å².